The van der Waals surface area contributed by atoms with Gasteiger partial charge >= 0.3 is 0 Å². The lowest BCUT2D eigenvalue weighted by atomic mass is 9.99. The molecule has 0 spiro atoms. The third-order valence-electron chi connectivity index (χ3n) is 6.34. The van der Waals surface area contributed by atoms with Crippen molar-refractivity contribution in [2.24, 2.45) is 0 Å². The number of hydrogen-bond donors (Lipinski definition) is 0. The Balaban J connectivity index is 1.41. The Labute approximate surface area is 206 Å². The first-order chi connectivity index (χ1) is 17.2. The Kier molecular flexibility index (Phi) is 6.75. The zero-order chi connectivity index (χ0) is 24.2. The molecule has 0 aliphatic carbocycles. The van der Waals surface area contributed by atoms with Crippen LogP contribution >= 0.6 is 0 Å². The average molecular weight is 463 g/mol. The third kappa shape index (κ3) is 4.90. The van der Waals surface area contributed by atoms with Crippen LogP contribution < -0.4 is 10.3 Å². The van der Waals surface area contributed by atoms with E-state index < -0.39 is 0 Å². The molecular weight excluding hydrogens is 433 g/mol. The van der Waals surface area contributed by atoms with Gasteiger partial charge < -0.3 is 4.74 Å². The number of unbranched alkanes of at least 4 members (excludes halogenated alkanes) is 1. The molecule has 4 heterocycles. The van der Waals surface area contributed by atoms with Gasteiger partial charge in [0.05, 0.1) is 29.7 Å². The van der Waals surface area contributed by atoms with E-state index in [9.17, 15) is 0 Å². The maximum Gasteiger partial charge on any atom is 0.163 e. The molecule has 1 aromatic carbocycles. The van der Waals surface area contributed by atoms with E-state index in [2.05, 4.69) is 41.0 Å². The fraction of sp³-hybridized carbons (Fsp3) is 0.286. The van der Waals surface area contributed by atoms with Crippen molar-refractivity contribution in [3.63, 3.8) is 0 Å². The number of rotatable bonds is 9. The molecule has 5 aromatic rings. The van der Waals surface area contributed by atoms with E-state index >= 15 is 0 Å². The molecule has 0 aliphatic rings. The normalized spacial score (nSPS) is 12.3. The Bertz CT molecular complexity index is 1450. The average Bonchev–Trinajstić information content (AvgIpc) is 3.30. The molecule has 0 amide bonds. The number of benzene rings is 1. The third-order valence-corrected chi connectivity index (χ3v) is 6.34. The van der Waals surface area contributed by atoms with Crippen molar-refractivity contribution in [3.05, 3.63) is 67.3 Å². The molecule has 1 unspecified atom stereocenters. The summed E-state index contributed by atoms with van der Waals surface area (Å²) in [6.45, 7) is 4.42. The largest absolute Gasteiger partial charge is 0.489 e. The first-order valence-corrected chi connectivity index (χ1v) is 12.5. The van der Waals surface area contributed by atoms with E-state index in [4.69, 9.17) is 9.72 Å². The van der Waals surface area contributed by atoms with Crippen molar-refractivity contribution in [2.75, 3.05) is 0 Å². The summed E-state index contributed by atoms with van der Waals surface area (Å²) in [7, 11) is 2.01. The summed E-state index contributed by atoms with van der Waals surface area (Å²) < 4.78 is 8.03. The summed E-state index contributed by atoms with van der Waals surface area (Å²) in [5.74, 6) is 0.818. The van der Waals surface area contributed by atoms with Gasteiger partial charge in [0.15, 0.2) is 13.5 Å². The molecule has 35 heavy (non-hydrogen) atoms. The van der Waals surface area contributed by atoms with Gasteiger partial charge in [-0.3, -0.25) is 9.97 Å². The van der Waals surface area contributed by atoms with Crippen LogP contribution in [0.3, 0.4) is 0 Å². The number of pyridine rings is 2. The van der Waals surface area contributed by atoms with Crippen LogP contribution in [0.15, 0.2) is 67.3 Å². The van der Waals surface area contributed by atoms with Crippen LogP contribution in [0, 0.1) is 0 Å². The van der Waals surface area contributed by atoms with Crippen LogP contribution in [0.5, 0.6) is 5.75 Å². The van der Waals surface area contributed by atoms with Crippen molar-refractivity contribution in [2.45, 2.75) is 52.1 Å². The summed E-state index contributed by atoms with van der Waals surface area (Å²) in [5, 5.41) is 5.69. The van der Waals surface area contributed by atoms with Gasteiger partial charge in [-0.2, -0.15) is 5.10 Å². The highest BCUT2D eigenvalue weighted by Crippen LogP contribution is 2.30. The van der Waals surface area contributed by atoms with Crippen molar-refractivity contribution in [3.8, 4) is 28.1 Å². The lowest BCUT2D eigenvalue weighted by Crippen LogP contribution is -2.16. The zero-order valence-electron chi connectivity index (χ0n) is 20.6. The molecule has 0 fully saturated rings. The van der Waals surface area contributed by atoms with E-state index in [0.29, 0.717) is 0 Å². The number of aromatic nitrogens is 5. The molecule has 0 saturated heterocycles. The minimum Gasteiger partial charge on any atom is -0.489 e. The second-order valence-corrected chi connectivity index (χ2v) is 9.04. The van der Waals surface area contributed by atoms with Gasteiger partial charge in [-0.25, -0.2) is 9.50 Å². The minimum atomic E-state index is 0.251. The van der Waals surface area contributed by atoms with Crippen LogP contribution in [0.1, 0.15) is 46.0 Å². The zero-order valence-corrected chi connectivity index (χ0v) is 20.6. The van der Waals surface area contributed by atoms with Crippen molar-refractivity contribution in [1.29, 1.82) is 0 Å². The summed E-state index contributed by atoms with van der Waals surface area (Å²) in [4.78, 5) is 14.1. The summed E-state index contributed by atoms with van der Waals surface area (Å²) in [5.41, 5.74) is 6.59. The number of fused-ring (bicyclic) bond motifs is 2. The molecule has 7 heteroatoms. The monoisotopic (exact) mass is 463 g/mol. The van der Waals surface area contributed by atoms with Crippen LogP contribution in [-0.2, 0) is 0 Å². The topological polar surface area (TPSA) is 65.2 Å². The Morgan fingerprint density at radius 3 is 2.63 bits per heavy atom. The van der Waals surface area contributed by atoms with Crippen molar-refractivity contribution in [1.82, 2.24) is 24.6 Å². The van der Waals surface area contributed by atoms with Gasteiger partial charge in [-0.1, -0.05) is 57.4 Å². The maximum absolute atomic E-state index is 6.21. The van der Waals surface area contributed by atoms with Crippen molar-refractivity contribution < 1.29 is 4.74 Å². The smallest absolute Gasteiger partial charge is 0.163 e. The lowest BCUT2D eigenvalue weighted by molar-refractivity contribution is 0.176. The van der Waals surface area contributed by atoms with E-state index in [1.807, 2.05) is 67.5 Å². The van der Waals surface area contributed by atoms with Gasteiger partial charge in [-0.05, 0) is 42.2 Å². The number of ether oxygens (including phenoxy) is 1. The van der Waals surface area contributed by atoms with E-state index in [1.165, 1.54) is 12.8 Å². The van der Waals surface area contributed by atoms with Crippen LogP contribution in [0.2, 0.25) is 0 Å². The SMILES string of the molecule is Bc1ccc2c(-c3cnn4cc(-c5ccc(OC(CCC)CCCC)cn5)cnc34)cccc2n1. The molecule has 5 rings (SSSR count). The fourth-order valence-electron chi connectivity index (χ4n) is 4.52. The summed E-state index contributed by atoms with van der Waals surface area (Å²) >= 11 is 0. The van der Waals surface area contributed by atoms with Crippen molar-refractivity contribution >= 4 is 30.0 Å². The highest BCUT2D eigenvalue weighted by Gasteiger charge is 2.14. The van der Waals surface area contributed by atoms with Crippen LogP contribution in [0.4, 0.5) is 0 Å². The predicted octanol–water partition coefficient (Wildman–Crippen LogP) is 5.00. The molecule has 4 aromatic heterocycles. The maximum atomic E-state index is 6.21. The second-order valence-electron chi connectivity index (χ2n) is 9.04. The molecule has 0 N–H and O–H groups in total. The predicted molar refractivity (Wildman–Crippen MR) is 144 cm³/mol. The Hall–Kier alpha value is -3.74. The molecule has 6 nitrogen and oxygen atoms in total. The van der Waals surface area contributed by atoms with Gasteiger partial charge in [0.2, 0.25) is 0 Å². The summed E-state index contributed by atoms with van der Waals surface area (Å²) in [6.07, 6.45) is 13.4. The molecular formula is C28H30BN5O. The number of nitrogens with zero attached hydrogens (tertiary/aromatic N) is 5. The molecule has 0 saturated carbocycles. The summed E-state index contributed by atoms with van der Waals surface area (Å²) in [6, 6.07) is 14.3. The van der Waals surface area contributed by atoms with E-state index in [1.54, 1.807) is 0 Å². The first kappa shape index (κ1) is 23.0. The fourth-order valence-corrected chi connectivity index (χ4v) is 4.52. The quantitative estimate of drug-likeness (QED) is 0.288. The standard InChI is InChI=1S/C28H30BN5O/c1-3-5-8-20(7-4-2)35-21-11-13-25(30-16-21)19-15-31-28-24(17-32-34(28)18-19)22-9-6-10-26-23(22)12-14-27(29)33-26/h6,9-18,20H,3-5,7-8,29H2,1-2H3. The Morgan fingerprint density at radius 1 is 0.914 bits per heavy atom. The highest BCUT2D eigenvalue weighted by atomic mass is 16.5. The van der Waals surface area contributed by atoms with Gasteiger partial charge in [-0.15, -0.1) is 0 Å². The lowest BCUT2D eigenvalue weighted by Gasteiger charge is -2.18. The Morgan fingerprint density at radius 2 is 1.83 bits per heavy atom. The van der Waals surface area contributed by atoms with E-state index in [-0.39, 0.29) is 6.10 Å². The highest BCUT2D eigenvalue weighted by molar-refractivity contribution is 6.31. The van der Waals surface area contributed by atoms with Gasteiger partial charge in [0, 0.05) is 28.9 Å². The van der Waals surface area contributed by atoms with Crippen LogP contribution in [0.25, 0.3) is 38.9 Å². The van der Waals surface area contributed by atoms with Crippen LogP contribution in [-0.4, -0.2) is 38.5 Å². The minimum absolute atomic E-state index is 0.251. The number of hydrogen-bond acceptors (Lipinski definition) is 5. The second kappa shape index (κ2) is 10.3. The van der Waals surface area contributed by atoms with E-state index in [0.717, 1.165) is 69.5 Å². The molecule has 0 aliphatic heterocycles. The van der Waals surface area contributed by atoms with Gasteiger partial charge in [0.1, 0.15) is 5.75 Å². The molecule has 0 bridgehead atoms. The molecule has 0 radical (unpaired) electrons. The molecule has 1 atom stereocenters. The first-order valence-electron chi connectivity index (χ1n) is 12.5. The van der Waals surface area contributed by atoms with Gasteiger partial charge in [0.25, 0.3) is 0 Å². The molecule has 176 valence electrons.